The number of ether oxygens (including phenoxy) is 1. The molecule has 3 fully saturated rings. The standard InChI is InChI=1S/C29H46N4O3/c1-21-8-10-23(11-9-21)29(35)33-20-26(32(16-17-36-2)19-22-6-4-3-5-7-22)18-27(33)28(34)31-25-14-12-24(30)13-15-25/h8-11,22,24-27H,3-7,12-20,30H2,1-2H3,(H,31,34). The van der Waals surface area contributed by atoms with Crippen LogP contribution in [0.5, 0.6) is 0 Å². The summed E-state index contributed by atoms with van der Waals surface area (Å²) >= 11 is 0. The summed E-state index contributed by atoms with van der Waals surface area (Å²) in [5.74, 6) is 0.631. The van der Waals surface area contributed by atoms with Crippen molar-refractivity contribution in [2.75, 3.05) is 33.4 Å². The fourth-order valence-corrected chi connectivity index (χ4v) is 6.31. The number of nitrogens with one attached hydrogen (secondary N) is 1. The molecule has 4 rings (SSSR count). The molecule has 2 unspecified atom stereocenters. The zero-order valence-corrected chi connectivity index (χ0v) is 22.3. The average Bonchev–Trinajstić information content (AvgIpc) is 3.34. The van der Waals surface area contributed by atoms with Gasteiger partial charge in [0.05, 0.1) is 6.61 Å². The Morgan fingerprint density at radius 1 is 1.06 bits per heavy atom. The van der Waals surface area contributed by atoms with E-state index in [1.54, 1.807) is 7.11 Å². The molecule has 3 aliphatic rings. The molecule has 1 aromatic carbocycles. The van der Waals surface area contributed by atoms with Crippen molar-refractivity contribution in [2.24, 2.45) is 11.7 Å². The van der Waals surface area contributed by atoms with Gasteiger partial charge in [0.25, 0.3) is 5.91 Å². The minimum atomic E-state index is -0.448. The summed E-state index contributed by atoms with van der Waals surface area (Å²) in [6.45, 7) is 5.12. The number of nitrogens with zero attached hydrogens (tertiary/aromatic N) is 2. The van der Waals surface area contributed by atoms with Crippen LogP contribution in [0, 0.1) is 12.8 Å². The van der Waals surface area contributed by atoms with Gasteiger partial charge >= 0.3 is 0 Å². The minimum Gasteiger partial charge on any atom is -0.383 e. The second-order valence-electron chi connectivity index (χ2n) is 11.3. The highest BCUT2D eigenvalue weighted by Crippen LogP contribution is 2.30. The van der Waals surface area contributed by atoms with Gasteiger partial charge in [-0.2, -0.15) is 0 Å². The fraction of sp³-hybridized carbons (Fsp3) is 0.724. The number of likely N-dealkylation sites (tertiary alicyclic amines) is 1. The van der Waals surface area contributed by atoms with Crippen molar-refractivity contribution in [3.05, 3.63) is 35.4 Å². The SMILES string of the molecule is COCCN(CC1CCCCC1)C1CC(C(=O)NC2CCC(N)CC2)N(C(=O)c2ccc(C)cc2)C1. The van der Waals surface area contributed by atoms with E-state index in [2.05, 4.69) is 10.2 Å². The first-order chi connectivity index (χ1) is 17.4. The van der Waals surface area contributed by atoms with Crippen LogP contribution < -0.4 is 11.1 Å². The van der Waals surface area contributed by atoms with Crippen LogP contribution in [0.2, 0.25) is 0 Å². The van der Waals surface area contributed by atoms with Gasteiger partial charge in [0.2, 0.25) is 5.91 Å². The van der Waals surface area contributed by atoms with Crippen molar-refractivity contribution in [1.82, 2.24) is 15.1 Å². The molecule has 2 atom stereocenters. The fourth-order valence-electron chi connectivity index (χ4n) is 6.31. The molecular formula is C29H46N4O3. The number of rotatable bonds is 9. The van der Waals surface area contributed by atoms with Gasteiger partial charge in [0, 0.05) is 50.4 Å². The van der Waals surface area contributed by atoms with E-state index in [0.717, 1.165) is 44.3 Å². The van der Waals surface area contributed by atoms with Crippen molar-refractivity contribution < 1.29 is 14.3 Å². The Bertz CT molecular complexity index is 847. The average molecular weight is 499 g/mol. The summed E-state index contributed by atoms with van der Waals surface area (Å²) < 4.78 is 5.45. The lowest BCUT2D eigenvalue weighted by Crippen LogP contribution is -2.50. The summed E-state index contributed by atoms with van der Waals surface area (Å²) in [7, 11) is 1.74. The second kappa shape index (κ2) is 13.0. The third kappa shape index (κ3) is 7.08. The summed E-state index contributed by atoms with van der Waals surface area (Å²) in [6.07, 6.45) is 10.9. The van der Waals surface area contributed by atoms with Gasteiger partial charge in [-0.25, -0.2) is 0 Å². The maximum absolute atomic E-state index is 13.7. The van der Waals surface area contributed by atoms with Gasteiger partial charge in [-0.1, -0.05) is 37.0 Å². The van der Waals surface area contributed by atoms with E-state index >= 15 is 0 Å². The predicted molar refractivity (Wildman–Crippen MR) is 143 cm³/mol. The molecule has 1 heterocycles. The van der Waals surface area contributed by atoms with Gasteiger partial charge in [0.15, 0.2) is 0 Å². The zero-order valence-electron chi connectivity index (χ0n) is 22.3. The molecule has 1 aliphatic heterocycles. The van der Waals surface area contributed by atoms with Crippen LogP contribution in [0.4, 0.5) is 0 Å². The normalized spacial score (nSPS) is 27.4. The number of hydrogen-bond acceptors (Lipinski definition) is 5. The maximum Gasteiger partial charge on any atom is 0.254 e. The first-order valence-electron chi connectivity index (χ1n) is 14.1. The molecule has 0 spiro atoms. The lowest BCUT2D eigenvalue weighted by Gasteiger charge is -2.33. The Labute approximate surface area is 217 Å². The molecule has 2 saturated carbocycles. The van der Waals surface area contributed by atoms with Gasteiger partial charge in [0.1, 0.15) is 6.04 Å². The Balaban J connectivity index is 1.51. The van der Waals surface area contributed by atoms with E-state index < -0.39 is 6.04 Å². The highest BCUT2D eigenvalue weighted by atomic mass is 16.5. The van der Waals surface area contributed by atoms with Gasteiger partial charge < -0.3 is 20.7 Å². The molecule has 36 heavy (non-hydrogen) atoms. The Hall–Kier alpha value is -1.96. The number of methoxy groups -OCH3 is 1. The van der Waals surface area contributed by atoms with Crippen molar-refractivity contribution in [3.8, 4) is 0 Å². The summed E-state index contributed by atoms with van der Waals surface area (Å²) in [6, 6.07) is 7.80. The van der Waals surface area contributed by atoms with Crippen LogP contribution in [0.1, 0.15) is 80.1 Å². The lowest BCUT2D eigenvalue weighted by atomic mass is 9.88. The smallest absolute Gasteiger partial charge is 0.254 e. The minimum absolute atomic E-state index is 0.0113. The van der Waals surface area contributed by atoms with Crippen LogP contribution in [0.15, 0.2) is 24.3 Å². The molecule has 2 aliphatic carbocycles. The molecule has 0 radical (unpaired) electrons. The van der Waals surface area contributed by atoms with Crippen LogP contribution >= 0.6 is 0 Å². The van der Waals surface area contributed by atoms with Gasteiger partial charge in [-0.15, -0.1) is 0 Å². The molecule has 1 aromatic rings. The molecule has 3 N–H and O–H groups in total. The number of benzene rings is 1. The molecule has 0 bridgehead atoms. The zero-order chi connectivity index (χ0) is 25.5. The molecule has 0 aromatic heterocycles. The van der Waals surface area contributed by atoms with Crippen molar-refractivity contribution in [1.29, 1.82) is 0 Å². The van der Waals surface area contributed by atoms with Gasteiger partial charge in [-0.3, -0.25) is 14.5 Å². The van der Waals surface area contributed by atoms with E-state index in [4.69, 9.17) is 10.5 Å². The number of carbonyl (C=O) groups excluding carboxylic acids is 2. The van der Waals surface area contributed by atoms with Crippen molar-refractivity contribution in [2.45, 2.75) is 95.3 Å². The predicted octanol–water partition coefficient (Wildman–Crippen LogP) is 3.49. The highest BCUT2D eigenvalue weighted by molar-refractivity contribution is 5.98. The van der Waals surface area contributed by atoms with Crippen LogP contribution in [-0.4, -0.2) is 79.1 Å². The summed E-state index contributed by atoms with van der Waals surface area (Å²) in [5, 5.41) is 3.28. The maximum atomic E-state index is 13.7. The Morgan fingerprint density at radius 2 is 1.75 bits per heavy atom. The first-order valence-corrected chi connectivity index (χ1v) is 14.1. The molecule has 7 nitrogen and oxygen atoms in total. The number of nitrogens with two attached hydrogens (primary N) is 1. The number of aryl methyl sites for hydroxylation is 1. The quantitative estimate of drug-likeness (QED) is 0.544. The number of amides is 2. The molecular weight excluding hydrogens is 452 g/mol. The van der Waals surface area contributed by atoms with Crippen molar-refractivity contribution in [3.63, 3.8) is 0 Å². The third-order valence-electron chi connectivity index (χ3n) is 8.58. The Kier molecular flexibility index (Phi) is 9.80. The van der Waals surface area contributed by atoms with Crippen LogP contribution in [-0.2, 0) is 9.53 Å². The molecule has 1 saturated heterocycles. The van der Waals surface area contributed by atoms with E-state index in [1.165, 1.54) is 32.1 Å². The van der Waals surface area contributed by atoms with E-state index in [9.17, 15) is 9.59 Å². The third-order valence-corrected chi connectivity index (χ3v) is 8.58. The largest absolute Gasteiger partial charge is 0.383 e. The second-order valence-corrected chi connectivity index (χ2v) is 11.3. The Morgan fingerprint density at radius 3 is 2.42 bits per heavy atom. The molecule has 7 heteroatoms. The van der Waals surface area contributed by atoms with E-state index in [0.29, 0.717) is 31.1 Å². The molecule has 200 valence electrons. The summed E-state index contributed by atoms with van der Waals surface area (Å²) in [4.78, 5) is 31.6. The van der Waals surface area contributed by atoms with Gasteiger partial charge in [-0.05, 0) is 69.9 Å². The van der Waals surface area contributed by atoms with Crippen LogP contribution in [0.25, 0.3) is 0 Å². The van der Waals surface area contributed by atoms with E-state index in [-0.39, 0.29) is 29.9 Å². The highest BCUT2D eigenvalue weighted by Gasteiger charge is 2.43. The molecule has 2 amide bonds. The number of hydrogen-bond donors (Lipinski definition) is 2. The van der Waals surface area contributed by atoms with E-state index in [1.807, 2.05) is 36.1 Å². The topological polar surface area (TPSA) is 87.9 Å². The lowest BCUT2D eigenvalue weighted by molar-refractivity contribution is -0.125. The number of carbonyl (C=O) groups is 2. The first kappa shape index (κ1) is 27.1. The van der Waals surface area contributed by atoms with Crippen LogP contribution in [0.3, 0.4) is 0 Å². The monoisotopic (exact) mass is 498 g/mol. The van der Waals surface area contributed by atoms with Crippen molar-refractivity contribution >= 4 is 11.8 Å². The summed E-state index contributed by atoms with van der Waals surface area (Å²) in [5.41, 5.74) is 7.84.